The lowest BCUT2D eigenvalue weighted by Gasteiger charge is -2.07. The van der Waals surface area contributed by atoms with E-state index in [4.69, 9.17) is 4.74 Å². The molecule has 78 valence electrons. The predicted molar refractivity (Wildman–Crippen MR) is 58.1 cm³/mol. The number of carbonyl (C=O) groups is 1. The molecule has 0 fully saturated rings. The molecule has 0 aromatic heterocycles. The van der Waals surface area contributed by atoms with E-state index in [1.54, 1.807) is 0 Å². The SMILES string of the molecule is CCCC(Br)CCCC(=O)OCC. The van der Waals surface area contributed by atoms with Crippen molar-refractivity contribution in [2.75, 3.05) is 6.61 Å². The molecule has 0 saturated carbocycles. The number of hydrogen-bond acceptors (Lipinski definition) is 2. The number of rotatable bonds is 7. The molecule has 0 amide bonds. The molecule has 0 aliphatic rings. The van der Waals surface area contributed by atoms with Gasteiger partial charge in [-0.05, 0) is 26.2 Å². The van der Waals surface area contributed by atoms with Crippen LogP contribution >= 0.6 is 15.9 Å². The molecule has 0 saturated heterocycles. The molecule has 0 rings (SSSR count). The lowest BCUT2D eigenvalue weighted by Crippen LogP contribution is -2.05. The third kappa shape index (κ3) is 8.28. The smallest absolute Gasteiger partial charge is 0.305 e. The maximum Gasteiger partial charge on any atom is 0.305 e. The monoisotopic (exact) mass is 250 g/mol. The van der Waals surface area contributed by atoms with Crippen LogP contribution in [0.1, 0.15) is 46.0 Å². The van der Waals surface area contributed by atoms with Crippen LogP contribution in [-0.4, -0.2) is 17.4 Å². The second kappa shape index (κ2) is 8.54. The summed E-state index contributed by atoms with van der Waals surface area (Å²) in [6, 6.07) is 0. The summed E-state index contributed by atoms with van der Waals surface area (Å²) in [6.45, 7) is 4.49. The van der Waals surface area contributed by atoms with Crippen LogP contribution in [0.3, 0.4) is 0 Å². The maximum atomic E-state index is 10.9. The van der Waals surface area contributed by atoms with Gasteiger partial charge in [0.25, 0.3) is 0 Å². The average Bonchev–Trinajstić information content (AvgIpc) is 2.05. The van der Waals surface area contributed by atoms with Gasteiger partial charge in [-0.25, -0.2) is 0 Å². The molecule has 1 atom stereocenters. The van der Waals surface area contributed by atoms with Crippen molar-refractivity contribution in [3.05, 3.63) is 0 Å². The fourth-order valence-electron chi connectivity index (χ4n) is 1.16. The zero-order chi connectivity index (χ0) is 10.1. The molecule has 0 spiro atoms. The topological polar surface area (TPSA) is 26.3 Å². The molecule has 0 heterocycles. The van der Waals surface area contributed by atoms with E-state index >= 15 is 0 Å². The Hall–Kier alpha value is -0.0500. The lowest BCUT2D eigenvalue weighted by atomic mass is 10.1. The Kier molecular flexibility index (Phi) is 8.51. The van der Waals surface area contributed by atoms with Crippen LogP contribution in [0.4, 0.5) is 0 Å². The first-order valence-corrected chi connectivity index (χ1v) is 5.92. The van der Waals surface area contributed by atoms with Gasteiger partial charge in [0.1, 0.15) is 0 Å². The number of esters is 1. The molecule has 0 N–H and O–H groups in total. The van der Waals surface area contributed by atoms with Gasteiger partial charge in [0, 0.05) is 11.2 Å². The van der Waals surface area contributed by atoms with E-state index in [9.17, 15) is 4.79 Å². The first-order valence-electron chi connectivity index (χ1n) is 5.00. The fraction of sp³-hybridized carbons (Fsp3) is 0.900. The van der Waals surface area contributed by atoms with Crippen LogP contribution in [0.15, 0.2) is 0 Å². The number of alkyl halides is 1. The van der Waals surface area contributed by atoms with E-state index in [1.165, 1.54) is 12.8 Å². The van der Waals surface area contributed by atoms with Gasteiger partial charge in [-0.3, -0.25) is 4.79 Å². The van der Waals surface area contributed by atoms with Gasteiger partial charge in [-0.15, -0.1) is 0 Å². The molecule has 1 unspecified atom stereocenters. The summed E-state index contributed by atoms with van der Waals surface area (Å²) in [5, 5.41) is 0. The van der Waals surface area contributed by atoms with Crippen molar-refractivity contribution in [2.45, 2.75) is 50.8 Å². The molecule has 2 nitrogen and oxygen atoms in total. The van der Waals surface area contributed by atoms with Gasteiger partial charge in [0.05, 0.1) is 6.61 Å². The summed E-state index contributed by atoms with van der Waals surface area (Å²) >= 11 is 3.58. The molecule has 0 radical (unpaired) electrons. The lowest BCUT2D eigenvalue weighted by molar-refractivity contribution is -0.143. The molecular formula is C10H19BrO2. The largest absolute Gasteiger partial charge is 0.466 e. The van der Waals surface area contributed by atoms with E-state index in [-0.39, 0.29) is 5.97 Å². The molecule has 0 bridgehead atoms. The number of carbonyl (C=O) groups excluding carboxylic acids is 1. The van der Waals surface area contributed by atoms with Gasteiger partial charge < -0.3 is 4.74 Å². The number of halogens is 1. The van der Waals surface area contributed by atoms with Crippen LogP contribution in [0, 0.1) is 0 Å². The van der Waals surface area contributed by atoms with Gasteiger partial charge in [0.2, 0.25) is 0 Å². The highest BCUT2D eigenvalue weighted by molar-refractivity contribution is 9.09. The zero-order valence-electron chi connectivity index (χ0n) is 8.51. The Bertz CT molecular complexity index is 137. The normalized spacial score (nSPS) is 12.5. The summed E-state index contributed by atoms with van der Waals surface area (Å²) in [6.07, 6.45) is 4.92. The Labute approximate surface area is 89.2 Å². The first-order chi connectivity index (χ1) is 6.20. The average molecular weight is 251 g/mol. The Morgan fingerprint density at radius 1 is 1.38 bits per heavy atom. The molecule has 0 aliphatic carbocycles. The third-order valence-corrected chi connectivity index (χ3v) is 2.72. The summed E-state index contributed by atoms with van der Waals surface area (Å²) in [4.78, 5) is 11.5. The molecule has 13 heavy (non-hydrogen) atoms. The highest BCUT2D eigenvalue weighted by Gasteiger charge is 2.05. The molecule has 3 heteroatoms. The Balaban J connectivity index is 3.28. The van der Waals surface area contributed by atoms with Gasteiger partial charge in [-0.2, -0.15) is 0 Å². The zero-order valence-corrected chi connectivity index (χ0v) is 10.1. The highest BCUT2D eigenvalue weighted by Crippen LogP contribution is 2.15. The fourth-order valence-corrected chi connectivity index (χ4v) is 1.94. The van der Waals surface area contributed by atoms with Crippen molar-refractivity contribution in [3.63, 3.8) is 0 Å². The van der Waals surface area contributed by atoms with Crippen molar-refractivity contribution in [3.8, 4) is 0 Å². The van der Waals surface area contributed by atoms with Crippen molar-refractivity contribution >= 4 is 21.9 Å². The van der Waals surface area contributed by atoms with Crippen LogP contribution in [-0.2, 0) is 9.53 Å². The van der Waals surface area contributed by atoms with E-state index < -0.39 is 0 Å². The second-order valence-corrected chi connectivity index (χ2v) is 4.38. The molecule has 0 aliphatic heterocycles. The van der Waals surface area contributed by atoms with E-state index in [0.29, 0.717) is 17.9 Å². The Morgan fingerprint density at radius 3 is 2.62 bits per heavy atom. The summed E-state index contributed by atoms with van der Waals surface area (Å²) < 4.78 is 4.83. The van der Waals surface area contributed by atoms with Crippen LogP contribution < -0.4 is 0 Å². The minimum atomic E-state index is -0.0706. The van der Waals surface area contributed by atoms with E-state index in [0.717, 1.165) is 12.8 Å². The van der Waals surface area contributed by atoms with Crippen LogP contribution in [0.2, 0.25) is 0 Å². The van der Waals surface area contributed by atoms with Crippen molar-refractivity contribution in [1.82, 2.24) is 0 Å². The number of ether oxygens (including phenoxy) is 1. The minimum absolute atomic E-state index is 0.0706. The van der Waals surface area contributed by atoms with Crippen LogP contribution in [0.25, 0.3) is 0 Å². The highest BCUT2D eigenvalue weighted by atomic mass is 79.9. The summed E-state index contributed by atoms with van der Waals surface area (Å²) in [7, 11) is 0. The third-order valence-electron chi connectivity index (χ3n) is 1.81. The van der Waals surface area contributed by atoms with E-state index in [2.05, 4.69) is 22.9 Å². The van der Waals surface area contributed by atoms with E-state index in [1.807, 2.05) is 6.92 Å². The Morgan fingerprint density at radius 2 is 2.08 bits per heavy atom. The molecule has 0 aromatic carbocycles. The van der Waals surface area contributed by atoms with Gasteiger partial charge in [0.15, 0.2) is 0 Å². The quantitative estimate of drug-likeness (QED) is 0.512. The standard InChI is InChI=1S/C10H19BrO2/c1-3-6-9(11)7-5-8-10(12)13-4-2/h9H,3-8H2,1-2H3. The summed E-state index contributed by atoms with van der Waals surface area (Å²) in [5.41, 5.74) is 0. The maximum absolute atomic E-state index is 10.9. The summed E-state index contributed by atoms with van der Waals surface area (Å²) in [5.74, 6) is -0.0706. The van der Waals surface area contributed by atoms with Crippen LogP contribution in [0.5, 0.6) is 0 Å². The molecule has 0 aromatic rings. The van der Waals surface area contributed by atoms with Gasteiger partial charge >= 0.3 is 5.97 Å². The second-order valence-electron chi connectivity index (χ2n) is 3.08. The van der Waals surface area contributed by atoms with Crippen molar-refractivity contribution in [2.24, 2.45) is 0 Å². The molecular weight excluding hydrogens is 232 g/mol. The number of hydrogen-bond donors (Lipinski definition) is 0. The van der Waals surface area contributed by atoms with Crippen molar-refractivity contribution < 1.29 is 9.53 Å². The van der Waals surface area contributed by atoms with Crippen molar-refractivity contribution in [1.29, 1.82) is 0 Å². The predicted octanol–water partition coefficient (Wildman–Crippen LogP) is 3.28. The van der Waals surface area contributed by atoms with Gasteiger partial charge in [-0.1, -0.05) is 29.3 Å². The minimum Gasteiger partial charge on any atom is -0.466 e. The first kappa shape index (κ1) is 12.9.